The molecule has 1 N–H and O–H groups in total. The van der Waals surface area contributed by atoms with Crippen LogP contribution in [-0.2, 0) is 19.1 Å². The van der Waals surface area contributed by atoms with Gasteiger partial charge in [0.05, 0.1) is 5.56 Å². The zero-order valence-corrected chi connectivity index (χ0v) is 11.2. The smallest absolute Gasteiger partial charge is 0.381 e. The highest BCUT2D eigenvalue weighted by molar-refractivity contribution is 5.46. The van der Waals surface area contributed by atoms with Crippen molar-refractivity contribution in [3.63, 3.8) is 0 Å². The summed E-state index contributed by atoms with van der Waals surface area (Å²) in [5.74, 6) is 0. The fourth-order valence-corrected chi connectivity index (χ4v) is 1.96. The number of halogens is 3. The van der Waals surface area contributed by atoms with Gasteiger partial charge in [-0.2, -0.15) is 13.2 Å². The summed E-state index contributed by atoms with van der Waals surface area (Å²) >= 11 is 0. The highest BCUT2D eigenvalue weighted by Gasteiger charge is 2.30. The summed E-state index contributed by atoms with van der Waals surface area (Å²) in [6.45, 7) is 2.43. The van der Waals surface area contributed by atoms with E-state index in [1.54, 1.807) is 6.07 Å². The summed E-state index contributed by atoms with van der Waals surface area (Å²) < 4.78 is 37.8. The summed E-state index contributed by atoms with van der Waals surface area (Å²) in [5, 5.41) is 3.15. The van der Waals surface area contributed by atoms with Crippen LogP contribution in [-0.4, -0.2) is 0 Å². The second-order valence-electron chi connectivity index (χ2n) is 4.61. The van der Waals surface area contributed by atoms with Gasteiger partial charge in [-0.1, -0.05) is 31.2 Å². The van der Waals surface area contributed by atoms with Crippen molar-refractivity contribution in [2.75, 3.05) is 5.32 Å². The van der Waals surface area contributed by atoms with Crippen LogP contribution in [0.15, 0.2) is 48.5 Å². The molecule has 1 nitrogen and oxygen atoms in total. The molecule has 0 fully saturated rings. The van der Waals surface area contributed by atoms with Gasteiger partial charge in [-0.05, 0) is 41.8 Å². The predicted octanol–water partition coefficient (Wildman–Crippen LogP) is 4.88. The molecule has 0 unspecified atom stereocenters. The van der Waals surface area contributed by atoms with Crippen molar-refractivity contribution < 1.29 is 13.2 Å². The lowest BCUT2D eigenvalue weighted by Crippen LogP contribution is -2.06. The molecule has 0 spiro atoms. The van der Waals surface area contributed by atoms with Crippen molar-refractivity contribution in [3.8, 4) is 0 Å². The maximum atomic E-state index is 12.6. The van der Waals surface area contributed by atoms with Crippen molar-refractivity contribution in [1.82, 2.24) is 0 Å². The number of hydrogen-bond acceptors (Lipinski definition) is 1. The second-order valence-corrected chi connectivity index (χ2v) is 4.61. The molecule has 2 aromatic carbocycles. The minimum absolute atomic E-state index is 0.372. The molecule has 2 aromatic rings. The van der Waals surface area contributed by atoms with Crippen LogP contribution in [0.1, 0.15) is 23.6 Å². The fourth-order valence-electron chi connectivity index (χ4n) is 1.96. The Hall–Kier alpha value is -1.97. The molecular formula is C16H16F3N. The Morgan fingerprint density at radius 3 is 2.35 bits per heavy atom. The van der Waals surface area contributed by atoms with Crippen LogP contribution in [0.4, 0.5) is 18.9 Å². The predicted molar refractivity (Wildman–Crippen MR) is 74.6 cm³/mol. The van der Waals surface area contributed by atoms with E-state index in [1.165, 1.54) is 17.7 Å². The van der Waals surface area contributed by atoms with Gasteiger partial charge in [0.15, 0.2) is 0 Å². The molecule has 0 aliphatic rings. The van der Waals surface area contributed by atoms with Gasteiger partial charge in [0.2, 0.25) is 0 Å². The molecule has 0 aliphatic carbocycles. The van der Waals surface area contributed by atoms with E-state index in [1.807, 2.05) is 24.3 Å². The van der Waals surface area contributed by atoms with Crippen LogP contribution >= 0.6 is 0 Å². The van der Waals surface area contributed by atoms with Gasteiger partial charge in [0.1, 0.15) is 0 Å². The lowest BCUT2D eigenvalue weighted by atomic mass is 10.1. The van der Waals surface area contributed by atoms with Gasteiger partial charge in [0, 0.05) is 12.2 Å². The minimum atomic E-state index is -4.29. The molecule has 0 amide bonds. The first kappa shape index (κ1) is 14.4. The van der Waals surface area contributed by atoms with Gasteiger partial charge < -0.3 is 5.32 Å². The van der Waals surface area contributed by atoms with Crippen molar-refractivity contribution >= 4 is 5.69 Å². The maximum absolute atomic E-state index is 12.6. The Bertz CT molecular complexity index is 576. The standard InChI is InChI=1S/C16H16F3N/c1-2-12-5-4-8-15(10-12)20-11-13-6-3-7-14(9-13)16(17,18)19/h3-10,20H,2,11H2,1H3. The first-order valence-corrected chi connectivity index (χ1v) is 6.48. The number of nitrogens with one attached hydrogen (secondary N) is 1. The zero-order valence-electron chi connectivity index (χ0n) is 11.2. The molecule has 0 aromatic heterocycles. The van der Waals surface area contributed by atoms with Crippen LogP contribution in [0.3, 0.4) is 0 Å². The normalized spacial score (nSPS) is 11.4. The number of benzene rings is 2. The number of rotatable bonds is 4. The summed E-state index contributed by atoms with van der Waals surface area (Å²) in [4.78, 5) is 0. The third-order valence-electron chi connectivity index (χ3n) is 3.09. The van der Waals surface area contributed by atoms with Gasteiger partial charge in [-0.3, -0.25) is 0 Å². The van der Waals surface area contributed by atoms with E-state index in [4.69, 9.17) is 0 Å². The topological polar surface area (TPSA) is 12.0 Å². The molecule has 0 saturated heterocycles. The van der Waals surface area contributed by atoms with E-state index in [-0.39, 0.29) is 0 Å². The fraction of sp³-hybridized carbons (Fsp3) is 0.250. The molecule has 4 heteroatoms. The Labute approximate surface area is 116 Å². The molecule has 0 aliphatic heterocycles. The Balaban J connectivity index is 2.07. The van der Waals surface area contributed by atoms with Crippen LogP contribution in [0.2, 0.25) is 0 Å². The molecule has 2 rings (SSSR count). The summed E-state index contributed by atoms with van der Waals surface area (Å²) in [6.07, 6.45) is -3.36. The second kappa shape index (κ2) is 5.99. The Morgan fingerprint density at radius 1 is 0.950 bits per heavy atom. The van der Waals surface area contributed by atoms with E-state index < -0.39 is 11.7 Å². The van der Waals surface area contributed by atoms with E-state index in [0.29, 0.717) is 12.1 Å². The molecule has 0 atom stereocenters. The largest absolute Gasteiger partial charge is 0.416 e. The number of aryl methyl sites for hydroxylation is 1. The van der Waals surface area contributed by atoms with Crippen LogP contribution < -0.4 is 5.32 Å². The van der Waals surface area contributed by atoms with Gasteiger partial charge in [-0.25, -0.2) is 0 Å². The Morgan fingerprint density at radius 2 is 1.65 bits per heavy atom. The SMILES string of the molecule is CCc1cccc(NCc2cccc(C(F)(F)F)c2)c1. The first-order valence-electron chi connectivity index (χ1n) is 6.48. The number of anilines is 1. The molecule has 0 radical (unpaired) electrons. The Kier molecular flexibility index (Phi) is 4.32. The summed E-state index contributed by atoms with van der Waals surface area (Å²) in [6, 6.07) is 13.3. The van der Waals surface area contributed by atoms with Crippen LogP contribution in [0.25, 0.3) is 0 Å². The zero-order chi connectivity index (χ0) is 14.6. The minimum Gasteiger partial charge on any atom is -0.381 e. The number of hydrogen-bond donors (Lipinski definition) is 1. The van der Waals surface area contributed by atoms with E-state index >= 15 is 0 Å². The van der Waals surface area contributed by atoms with Crippen molar-refractivity contribution in [2.24, 2.45) is 0 Å². The van der Waals surface area contributed by atoms with Gasteiger partial charge in [0.25, 0.3) is 0 Å². The first-order chi connectivity index (χ1) is 9.49. The summed E-state index contributed by atoms with van der Waals surface area (Å²) in [7, 11) is 0. The maximum Gasteiger partial charge on any atom is 0.416 e. The van der Waals surface area contributed by atoms with Gasteiger partial charge in [-0.15, -0.1) is 0 Å². The molecule has 0 heterocycles. The average Bonchev–Trinajstić information content (AvgIpc) is 2.45. The van der Waals surface area contributed by atoms with Crippen LogP contribution in [0, 0.1) is 0 Å². The third-order valence-corrected chi connectivity index (χ3v) is 3.09. The van der Waals surface area contributed by atoms with E-state index in [2.05, 4.69) is 12.2 Å². The van der Waals surface area contributed by atoms with Crippen molar-refractivity contribution in [1.29, 1.82) is 0 Å². The molecule has 0 bridgehead atoms. The van der Waals surface area contributed by atoms with Gasteiger partial charge >= 0.3 is 6.18 Å². The summed E-state index contributed by atoms with van der Waals surface area (Å²) in [5.41, 5.74) is 2.11. The van der Waals surface area contributed by atoms with Crippen molar-refractivity contribution in [3.05, 3.63) is 65.2 Å². The quantitative estimate of drug-likeness (QED) is 0.841. The lowest BCUT2D eigenvalue weighted by molar-refractivity contribution is -0.137. The molecule has 20 heavy (non-hydrogen) atoms. The van der Waals surface area contributed by atoms with Crippen molar-refractivity contribution in [2.45, 2.75) is 26.1 Å². The molecule has 106 valence electrons. The van der Waals surface area contributed by atoms with E-state index in [0.717, 1.165) is 18.2 Å². The molecular weight excluding hydrogens is 263 g/mol. The highest BCUT2D eigenvalue weighted by Crippen LogP contribution is 2.29. The molecule has 0 saturated carbocycles. The van der Waals surface area contributed by atoms with Crippen LogP contribution in [0.5, 0.6) is 0 Å². The number of alkyl halides is 3. The lowest BCUT2D eigenvalue weighted by Gasteiger charge is -2.11. The monoisotopic (exact) mass is 279 g/mol. The average molecular weight is 279 g/mol. The third kappa shape index (κ3) is 3.76. The van der Waals surface area contributed by atoms with E-state index in [9.17, 15) is 13.2 Å². The highest BCUT2D eigenvalue weighted by atomic mass is 19.4.